The minimum Gasteiger partial charge on any atom is -0.207 e. The van der Waals surface area contributed by atoms with Crippen LogP contribution in [0.5, 0.6) is 0 Å². The van der Waals surface area contributed by atoms with Gasteiger partial charge >= 0.3 is 6.18 Å². The fourth-order valence-electron chi connectivity index (χ4n) is 7.74. The number of aryl methyl sites for hydroxylation is 2. The minimum atomic E-state index is -4.24. The van der Waals surface area contributed by atoms with Gasteiger partial charge in [0.05, 0.1) is 5.56 Å². The smallest absolute Gasteiger partial charge is 0.207 e. The molecule has 0 atom stereocenters. The Bertz CT molecular complexity index is 2400. The Hall–Kier alpha value is -4.96. The molecule has 6 aromatic rings. The van der Waals surface area contributed by atoms with Crippen LogP contribution in [0.3, 0.4) is 0 Å². The molecule has 0 saturated carbocycles. The second-order valence-corrected chi connectivity index (χ2v) is 26.1. The van der Waals surface area contributed by atoms with Crippen molar-refractivity contribution in [3.8, 4) is 0 Å². The number of benzene rings is 6. The number of alkyl halides is 3. The van der Waals surface area contributed by atoms with E-state index in [1.54, 1.807) is 12.1 Å². The SMILES string of the molecule is CCC(C)(C)c1ccc(C(C)(C)C)cc1.CCC(C)(C)c1ccc(C(F)(F)F)cc1.CCC(C)(C)c1ccc(C)cc1.CCC(C)(C)c1ccc(F)cc1.CCC(C)(C)c1ccccc1.CCc1ccc(C(C)(C)CC)cc1. The highest BCUT2D eigenvalue weighted by Crippen LogP contribution is 2.34. The Morgan fingerprint density at radius 1 is 0.282 bits per heavy atom. The van der Waals surface area contributed by atoms with Gasteiger partial charge in [0.25, 0.3) is 0 Å². The fourth-order valence-corrected chi connectivity index (χ4v) is 7.74. The van der Waals surface area contributed by atoms with Crippen molar-refractivity contribution in [2.45, 2.75) is 248 Å². The number of halogens is 4. The first-order chi connectivity index (χ1) is 35.9. The summed E-state index contributed by atoms with van der Waals surface area (Å²) in [5, 5.41) is 0. The van der Waals surface area contributed by atoms with Gasteiger partial charge in [-0.15, -0.1) is 0 Å². The molecular weight excluding hydrogens is 965 g/mol. The van der Waals surface area contributed by atoms with Gasteiger partial charge in [-0.2, -0.15) is 13.2 Å². The molecule has 0 aliphatic carbocycles. The molecule has 0 unspecified atom stereocenters. The Labute approximate surface area is 476 Å². The van der Waals surface area contributed by atoms with Crippen LogP contribution in [0.15, 0.2) is 152 Å². The van der Waals surface area contributed by atoms with E-state index in [0.29, 0.717) is 21.7 Å². The largest absolute Gasteiger partial charge is 0.416 e. The lowest BCUT2D eigenvalue weighted by Gasteiger charge is -2.25. The zero-order valence-corrected chi connectivity index (χ0v) is 53.4. The predicted octanol–water partition coefficient (Wildman–Crippen LogP) is 23.6. The molecule has 0 N–H and O–H groups in total. The Kier molecular flexibility index (Phi) is 28.4. The van der Waals surface area contributed by atoms with Gasteiger partial charge in [-0.1, -0.05) is 285 Å². The highest BCUT2D eigenvalue weighted by Gasteiger charge is 2.31. The topological polar surface area (TPSA) is 0 Å². The van der Waals surface area contributed by atoms with Crippen LogP contribution in [0.4, 0.5) is 17.6 Å². The van der Waals surface area contributed by atoms with Gasteiger partial charge in [0.1, 0.15) is 5.82 Å². The molecule has 0 aliphatic rings. The summed E-state index contributed by atoms with van der Waals surface area (Å²) in [5.74, 6) is -0.161. The van der Waals surface area contributed by atoms with Crippen LogP contribution in [0.1, 0.15) is 246 Å². The molecule has 0 amide bonds. The Morgan fingerprint density at radius 2 is 0.513 bits per heavy atom. The van der Waals surface area contributed by atoms with Crippen LogP contribution in [-0.2, 0) is 50.5 Å². The highest BCUT2D eigenvalue weighted by atomic mass is 19.4. The average molecular weight is 1070 g/mol. The van der Waals surface area contributed by atoms with Crippen molar-refractivity contribution in [2.75, 3.05) is 0 Å². The summed E-state index contributed by atoms with van der Waals surface area (Å²) in [6.45, 7) is 50.9. The van der Waals surface area contributed by atoms with E-state index in [-0.39, 0.29) is 22.1 Å². The number of rotatable bonds is 13. The van der Waals surface area contributed by atoms with Gasteiger partial charge in [0, 0.05) is 0 Å². The number of hydrogen-bond donors (Lipinski definition) is 0. The van der Waals surface area contributed by atoms with E-state index >= 15 is 0 Å². The summed E-state index contributed by atoms with van der Waals surface area (Å²) < 4.78 is 49.5. The molecule has 4 heteroatoms. The van der Waals surface area contributed by atoms with Crippen LogP contribution >= 0.6 is 0 Å². The first kappa shape index (κ1) is 71.1. The van der Waals surface area contributed by atoms with Gasteiger partial charge in [0.15, 0.2) is 0 Å². The van der Waals surface area contributed by atoms with E-state index in [0.717, 1.165) is 37.0 Å². The third-order valence-corrected chi connectivity index (χ3v) is 17.0. The second-order valence-electron chi connectivity index (χ2n) is 26.1. The van der Waals surface area contributed by atoms with E-state index in [2.05, 4.69) is 242 Å². The van der Waals surface area contributed by atoms with E-state index < -0.39 is 11.7 Å². The predicted molar refractivity (Wildman–Crippen MR) is 336 cm³/mol. The molecule has 0 heterocycles. The van der Waals surface area contributed by atoms with Crippen molar-refractivity contribution >= 4 is 0 Å². The molecule has 6 aromatic carbocycles. The highest BCUT2D eigenvalue weighted by molar-refractivity contribution is 5.33. The zero-order valence-electron chi connectivity index (χ0n) is 53.4. The maximum Gasteiger partial charge on any atom is 0.416 e. The molecule has 0 aliphatic heterocycles. The molecule has 0 aromatic heterocycles. The standard InChI is InChI=1S/C15H24.C13H20.C12H15F3.C12H18.C11H15F.C11H16/c1-7-15(5,6)13-10-8-12(9-11-13)14(2,3)4;1-5-11-7-9-12(10-8-11)13(3,4)6-2;1-4-11(2,3)9-5-7-10(8-6-9)12(13,14)15;1-5-12(3,4)11-8-6-10(2)7-9-11;1-4-11(2,3)9-5-7-10(12)8-6-9;1-4-11(2,3)10-8-6-5-7-9-10/h8-11H,7H2,1-6H3;7-10H,5-6H2,1-4H3;5-8H,4H2,1-3H3;6-9H,5H2,1-4H3;5-8H,4H2,1-3H3;5-9H,4H2,1-3H3. The molecule has 0 fully saturated rings. The van der Waals surface area contributed by atoms with Gasteiger partial charge < -0.3 is 0 Å². The average Bonchev–Trinajstić information content (AvgIpc) is 3.42. The van der Waals surface area contributed by atoms with Crippen LogP contribution < -0.4 is 0 Å². The summed E-state index contributed by atoms with van der Waals surface area (Å²) in [5.41, 5.74) is 13.1. The third-order valence-electron chi connectivity index (χ3n) is 17.0. The molecule has 0 saturated heterocycles. The maximum atomic E-state index is 12.6. The molecule has 0 radical (unpaired) electrons. The molecule has 0 spiro atoms. The molecule has 78 heavy (non-hydrogen) atoms. The monoisotopic (exact) mass is 1070 g/mol. The van der Waals surface area contributed by atoms with Gasteiger partial charge in [-0.3, -0.25) is 0 Å². The summed E-state index contributed by atoms with van der Waals surface area (Å²) >= 11 is 0. The summed E-state index contributed by atoms with van der Waals surface area (Å²) in [7, 11) is 0. The number of hydrogen-bond acceptors (Lipinski definition) is 0. The van der Waals surface area contributed by atoms with Gasteiger partial charge in [0.2, 0.25) is 0 Å². The van der Waals surface area contributed by atoms with Gasteiger partial charge in [-0.25, -0.2) is 4.39 Å². The minimum absolute atomic E-state index is 0.0653. The molecule has 0 bridgehead atoms. The van der Waals surface area contributed by atoms with E-state index in [9.17, 15) is 17.6 Å². The van der Waals surface area contributed by atoms with Crippen LogP contribution in [-0.4, -0.2) is 0 Å². The van der Waals surface area contributed by atoms with Crippen LogP contribution in [0.25, 0.3) is 0 Å². The normalized spacial score (nSPS) is 12.1. The molecule has 0 nitrogen and oxygen atoms in total. The van der Waals surface area contributed by atoms with E-state index in [4.69, 9.17) is 0 Å². The molecule has 6 rings (SSSR count). The first-order valence-electron chi connectivity index (χ1n) is 29.2. The Balaban J connectivity index is 0.000000470. The first-order valence-corrected chi connectivity index (χ1v) is 29.2. The Morgan fingerprint density at radius 3 is 0.769 bits per heavy atom. The lowest BCUT2D eigenvalue weighted by atomic mass is 9.80. The van der Waals surface area contributed by atoms with Crippen LogP contribution in [0, 0.1) is 12.7 Å². The molecular formula is C74H108F4. The lowest BCUT2D eigenvalue weighted by molar-refractivity contribution is -0.137. The lowest BCUT2D eigenvalue weighted by Crippen LogP contribution is -2.16. The maximum absolute atomic E-state index is 12.6. The van der Waals surface area contributed by atoms with Crippen molar-refractivity contribution in [2.24, 2.45) is 0 Å². The zero-order chi connectivity index (χ0) is 60.0. The summed E-state index contributed by atoms with van der Waals surface area (Å²) in [6.07, 6.45) is 3.62. The van der Waals surface area contributed by atoms with Crippen molar-refractivity contribution < 1.29 is 17.6 Å². The second kappa shape index (κ2) is 31.1. The van der Waals surface area contributed by atoms with Crippen molar-refractivity contribution in [1.82, 2.24) is 0 Å². The molecule has 432 valence electrons. The summed E-state index contributed by atoms with van der Waals surface area (Å²) in [4.78, 5) is 0. The van der Waals surface area contributed by atoms with Gasteiger partial charge in [-0.05, 0) is 159 Å². The van der Waals surface area contributed by atoms with Crippen molar-refractivity contribution in [3.63, 3.8) is 0 Å². The quantitative estimate of drug-likeness (QED) is 0.101. The van der Waals surface area contributed by atoms with Crippen molar-refractivity contribution in [3.05, 3.63) is 213 Å². The van der Waals surface area contributed by atoms with Crippen LogP contribution in [0.2, 0.25) is 0 Å². The third kappa shape index (κ3) is 23.8. The fraction of sp³-hybridized carbons (Fsp3) is 0.514. The van der Waals surface area contributed by atoms with E-state index in [1.807, 2.05) is 32.9 Å². The summed E-state index contributed by atoms with van der Waals surface area (Å²) in [6, 6.07) is 49.8. The van der Waals surface area contributed by atoms with E-state index in [1.165, 1.54) is 82.3 Å². The van der Waals surface area contributed by atoms with Crippen molar-refractivity contribution in [1.29, 1.82) is 0 Å².